The Labute approximate surface area is 105 Å². The van der Waals surface area contributed by atoms with E-state index < -0.39 is 11.5 Å². The Morgan fingerprint density at radius 3 is 2.78 bits per heavy atom. The first-order chi connectivity index (χ1) is 8.40. The molecule has 2 amide bonds. The minimum atomic E-state index is -1.75. The molecule has 0 spiro atoms. The van der Waals surface area contributed by atoms with Crippen LogP contribution >= 0.6 is 0 Å². The molecule has 1 unspecified atom stereocenters. The number of aliphatic hydroxyl groups is 1. The van der Waals surface area contributed by atoms with Crippen molar-refractivity contribution in [1.82, 2.24) is 5.32 Å². The molecule has 0 saturated heterocycles. The summed E-state index contributed by atoms with van der Waals surface area (Å²) in [5.74, 6) is -0.834. The van der Waals surface area contributed by atoms with Crippen LogP contribution in [0.3, 0.4) is 0 Å². The van der Waals surface area contributed by atoms with E-state index in [1.54, 1.807) is 13.1 Å². The Balaban J connectivity index is 2.51. The lowest BCUT2D eigenvalue weighted by atomic mass is 9.91. The fourth-order valence-electron chi connectivity index (χ4n) is 2.26. The SMILES string of the molecule is CNC(=O)CC1(O)C(=O)N(C)c2cc(C)ccc21. The van der Waals surface area contributed by atoms with Crippen molar-refractivity contribution in [2.45, 2.75) is 18.9 Å². The molecule has 5 nitrogen and oxygen atoms in total. The summed E-state index contributed by atoms with van der Waals surface area (Å²) in [5.41, 5.74) is 0.394. The number of carbonyl (C=O) groups is 2. The largest absolute Gasteiger partial charge is 0.375 e. The molecule has 5 heteroatoms. The van der Waals surface area contributed by atoms with Crippen molar-refractivity contribution in [2.75, 3.05) is 19.0 Å². The standard InChI is InChI=1S/C13H16N2O3/c1-8-4-5-9-10(6-8)15(3)12(17)13(9,18)7-11(16)14-2/h4-6,18H,7H2,1-3H3,(H,14,16). The molecule has 1 atom stereocenters. The first kappa shape index (κ1) is 12.6. The number of carbonyl (C=O) groups excluding carboxylic acids is 2. The summed E-state index contributed by atoms with van der Waals surface area (Å²) in [6, 6.07) is 5.35. The van der Waals surface area contributed by atoms with E-state index in [1.165, 1.54) is 11.9 Å². The van der Waals surface area contributed by atoms with E-state index in [1.807, 2.05) is 19.1 Å². The van der Waals surface area contributed by atoms with Gasteiger partial charge in [0.15, 0.2) is 5.60 Å². The van der Waals surface area contributed by atoms with E-state index in [4.69, 9.17) is 0 Å². The molecular formula is C13H16N2O3. The molecule has 2 rings (SSSR count). The van der Waals surface area contributed by atoms with Crippen molar-refractivity contribution < 1.29 is 14.7 Å². The van der Waals surface area contributed by atoms with Gasteiger partial charge >= 0.3 is 0 Å². The number of likely N-dealkylation sites (N-methyl/N-ethyl adjacent to an activating group) is 1. The molecule has 2 N–H and O–H groups in total. The van der Waals surface area contributed by atoms with Gasteiger partial charge in [-0.15, -0.1) is 0 Å². The number of hydrogen-bond acceptors (Lipinski definition) is 3. The fourth-order valence-corrected chi connectivity index (χ4v) is 2.26. The number of hydrogen-bond donors (Lipinski definition) is 2. The molecule has 1 aromatic rings. The van der Waals surface area contributed by atoms with Gasteiger partial charge in [-0.1, -0.05) is 12.1 Å². The van der Waals surface area contributed by atoms with Crippen molar-refractivity contribution in [3.63, 3.8) is 0 Å². The number of nitrogens with one attached hydrogen (secondary N) is 1. The maximum Gasteiger partial charge on any atom is 0.263 e. The molecule has 0 fully saturated rings. The van der Waals surface area contributed by atoms with Gasteiger partial charge in [0, 0.05) is 19.7 Å². The van der Waals surface area contributed by atoms with Gasteiger partial charge in [0.25, 0.3) is 5.91 Å². The minimum absolute atomic E-state index is 0.261. The van der Waals surface area contributed by atoms with Gasteiger partial charge in [0.1, 0.15) is 0 Å². The van der Waals surface area contributed by atoms with Crippen molar-refractivity contribution >= 4 is 17.5 Å². The van der Waals surface area contributed by atoms with Gasteiger partial charge in [-0.2, -0.15) is 0 Å². The molecule has 1 aliphatic rings. The second-order valence-electron chi connectivity index (χ2n) is 4.60. The average Bonchev–Trinajstić information content (AvgIpc) is 2.52. The summed E-state index contributed by atoms with van der Waals surface area (Å²) in [7, 11) is 3.08. The van der Waals surface area contributed by atoms with E-state index >= 15 is 0 Å². The first-order valence-electron chi connectivity index (χ1n) is 5.72. The summed E-state index contributed by atoms with van der Waals surface area (Å²) in [6.45, 7) is 1.91. The van der Waals surface area contributed by atoms with Crippen LogP contribution in [0.1, 0.15) is 17.5 Å². The number of aryl methyl sites for hydroxylation is 1. The summed E-state index contributed by atoms with van der Waals surface area (Å²) < 4.78 is 0. The van der Waals surface area contributed by atoms with Crippen molar-refractivity contribution in [2.24, 2.45) is 0 Å². The summed E-state index contributed by atoms with van der Waals surface area (Å²) in [4.78, 5) is 25.0. The number of rotatable bonds is 2. The summed E-state index contributed by atoms with van der Waals surface area (Å²) in [6.07, 6.45) is -0.261. The molecule has 1 heterocycles. The van der Waals surface area contributed by atoms with Crippen LogP contribution in [0, 0.1) is 6.92 Å². The van der Waals surface area contributed by atoms with Gasteiger partial charge in [0.05, 0.1) is 12.1 Å². The molecule has 0 aliphatic carbocycles. The van der Waals surface area contributed by atoms with Gasteiger partial charge in [0.2, 0.25) is 5.91 Å². The van der Waals surface area contributed by atoms with Crippen LogP contribution in [0.25, 0.3) is 0 Å². The Morgan fingerprint density at radius 1 is 1.50 bits per heavy atom. The van der Waals surface area contributed by atoms with Gasteiger partial charge in [-0.25, -0.2) is 0 Å². The monoisotopic (exact) mass is 248 g/mol. The van der Waals surface area contributed by atoms with E-state index in [0.717, 1.165) is 5.56 Å². The van der Waals surface area contributed by atoms with Crippen LogP contribution < -0.4 is 10.2 Å². The lowest BCUT2D eigenvalue weighted by molar-refractivity contribution is -0.142. The summed E-state index contributed by atoms with van der Waals surface area (Å²) in [5, 5.41) is 12.9. The van der Waals surface area contributed by atoms with Gasteiger partial charge in [-0.3, -0.25) is 9.59 Å². The molecule has 1 aliphatic heterocycles. The first-order valence-corrected chi connectivity index (χ1v) is 5.72. The number of nitrogens with zero attached hydrogens (tertiary/aromatic N) is 1. The van der Waals surface area contributed by atoms with Crippen molar-refractivity contribution in [3.8, 4) is 0 Å². The van der Waals surface area contributed by atoms with E-state index in [9.17, 15) is 14.7 Å². The molecule has 1 aromatic carbocycles. The molecular weight excluding hydrogens is 232 g/mol. The zero-order valence-electron chi connectivity index (χ0n) is 10.7. The lowest BCUT2D eigenvalue weighted by Crippen LogP contribution is -2.42. The van der Waals surface area contributed by atoms with Gasteiger partial charge in [-0.05, 0) is 18.6 Å². The third-order valence-corrected chi connectivity index (χ3v) is 3.31. The number of amides is 2. The molecule has 0 saturated carbocycles. The van der Waals surface area contributed by atoms with E-state index in [0.29, 0.717) is 11.3 Å². The normalized spacial score (nSPS) is 22.0. The Kier molecular flexibility index (Phi) is 2.86. The van der Waals surface area contributed by atoms with Crippen molar-refractivity contribution in [3.05, 3.63) is 29.3 Å². The highest BCUT2D eigenvalue weighted by atomic mass is 16.3. The van der Waals surface area contributed by atoms with Crippen LogP contribution in [-0.4, -0.2) is 31.0 Å². The topological polar surface area (TPSA) is 69.6 Å². The van der Waals surface area contributed by atoms with Crippen LogP contribution in [0.4, 0.5) is 5.69 Å². The average molecular weight is 248 g/mol. The second-order valence-corrected chi connectivity index (χ2v) is 4.60. The predicted octanol–water partition coefficient (Wildman–Crippen LogP) is 0.295. The predicted molar refractivity (Wildman–Crippen MR) is 67.2 cm³/mol. The summed E-state index contributed by atoms with van der Waals surface area (Å²) >= 11 is 0. The molecule has 0 aromatic heterocycles. The second kappa shape index (κ2) is 4.10. The molecule has 96 valence electrons. The number of fused-ring (bicyclic) bond motifs is 1. The van der Waals surface area contributed by atoms with Crippen LogP contribution in [-0.2, 0) is 15.2 Å². The van der Waals surface area contributed by atoms with E-state index in [-0.39, 0.29) is 12.3 Å². The highest BCUT2D eigenvalue weighted by molar-refractivity contribution is 6.08. The molecule has 0 bridgehead atoms. The minimum Gasteiger partial charge on any atom is -0.375 e. The maximum atomic E-state index is 12.1. The smallest absolute Gasteiger partial charge is 0.263 e. The Morgan fingerprint density at radius 2 is 2.17 bits per heavy atom. The van der Waals surface area contributed by atoms with E-state index in [2.05, 4.69) is 5.32 Å². The van der Waals surface area contributed by atoms with Crippen LogP contribution in [0.5, 0.6) is 0 Å². The Hall–Kier alpha value is -1.88. The number of benzene rings is 1. The highest BCUT2D eigenvalue weighted by Crippen LogP contribution is 2.41. The molecule has 0 radical (unpaired) electrons. The Bertz CT molecular complexity index is 527. The zero-order chi connectivity index (χ0) is 13.5. The van der Waals surface area contributed by atoms with Crippen LogP contribution in [0.2, 0.25) is 0 Å². The quantitative estimate of drug-likeness (QED) is 0.790. The lowest BCUT2D eigenvalue weighted by Gasteiger charge is -2.20. The third kappa shape index (κ3) is 1.67. The molecule has 18 heavy (non-hydrogen) atoms. The highest BCUT2D eigenvalue weighted by Gasteiger charge is 2.49. The maximum absolute atomic E-state index is 12.1. The third-order valence-electron chi connectivity index (χ3n) is 3.31. The van der Waals surface area contributed by atoms with Crippen molar-refractivity contribution in [1.29, 1.82) is 0 Å². The fraction of sp³-hybridized carbons (Fsp3) is 0.385. The number of anilines is 1. The zero-order valence-corrected chi connectivity index (χ0v) is 10.7. The van der Waals surface area contributed by atoms with Gasteiger partial charge < -0.3 is 15.3 Å². The van der Waals surface area contributed by atoms with Crippen LogP contribution in [0.15, 0.2) is 18.2 Å².